The quantitative estimate of drug-likeness (QED) is 0.808. The predicted molar refractivity (Wildman–Crippen MR) is 74.3 cm³/mol. The minimum Gasteiger partial charge on any atom is -0.374 e. The van der Waals surface area contributed by atoms with Crippen LogP contribution < -0.4 is 11.1 Å². The highest BCUT2D eigenvalue weighted by molar-refractivity contribution is 8.00. The van der Waals surface area contributed by atoms with Gasteiger partial charge in [-0.25, -0.2) is 4.98 Å². The molecule has 18 heavy (non-hydrogen) atoms. The number of thioether (sulfide) groups is 1. The number of anilines is 1. The lowest BCUT2D eigenvalue weighted by Crippen LogP contribution is -2.25. The van der Waals surface area contributed by atoms with E-state index < -0.39 is 0 Å². The van der Waals surface area contributed by atoms with Crippen molar-refractivity contribution in [3.8, 4) is 0 Å². The summed E-state index contributed by atoms with van der Waals surface area (Å²) in [6, 6.07) is 0. The first-order valence-corrected chi connectivity index (χ1v) is 7.96. The van der Waals surface area contributed by atoms with Gasteiger partial charge in [-0.1, -0.05) is 23.1 Å². The van der Waals surface area contributed by atoms with Crippen LogP contribution in [0.5, 0.6) is 0 Å². The molecule has 2 aromatic rings. The van der Waals surface area contributed by atoms with Crippen molar-refractivity contribution in [2.24, 2.45) is 0 Å². The lowest BCUT2D eigenvalue weighted by Gasteiger charge is -2.00. The molecule has 96 valence electrons. The lowest BCUT2D eigenvalue weighted by molar-refractivity contribution is 0.0949. The lowest BCUT2D eigenvalue weighted by atomic mass is 10.4. The summed E-state index contributed by atoms with van der Waals surface area (Å²) in [7, 11) is 0. The summed E-state index contributed by atoms with van der Waals surface area (Å²) in [6.07, 6.45) is 2.56. The fourth-order valence-corrected chi connectivity index (χ4v) is 3.05. The molecule has 2 heterocycles. The predicted octanol–water partition coefficient (Wildman–Crippen LogP) is 1.27. The number of nitrogens with zero attached hydrogens (tertiary/aromatic N) is 3. The Morgan fingerprint density at radius 3 is 3.00 bits per heavy atom. The molecular weight excluding hydrogens is 290 g/mol. The zero-order chi connectivity index (χ0) is 13.0. The van der Waals surface area contributed by atoms with Gasteiger partial charge in [0.15, 0.2) is 0 Å². The summed E-state index contributed by atoms with van der Waals surface area (Å²) in [6.45, 7) is 0.500. The van der Waals surface area contributed by atoms with E-state index in [2.05, 4.69) is 20.5 Å². The van der Waals surface area contributed by atoms with Gasteiger partial charge in [-0.05, 0) is 6.26 Å². The molecule has 3 N–H and O–H groups in total. The summed E-state index contributed by atoms with van der Waals surface area (Å²) in [4.78, 5) is 15.9. The number of carbonyl (C=O) groups is 1. The Labute approximate surface area is 116 Å². The number of nitrogens with two attached hydrogens (primary N) is 1. The van der Waals surface area contributed by atoms with Gasteiger partial charge in [0.25, 0.3) is 5.91 Å². The summed E-state index contributed by atoms with van der Waals surface area (Å²) >= 11 is 4.32. The van der Waals surface area contributed by atoms with Gasteiger partial charge >= 0.3 is 0 Å². The molecule has 0 aliphatic rings. The number of thiazole rings is 1. The fourth-order valence-electron chi connectivity index (χ4n) is 1.20. The molecule has 9 heteroatoms. The molecule has 0 aromatic carbocycles. The van der Waals surface area contributed by atoms with Gasteiger partial charge in [-0.3, -0.25) is 4.79 Å². The number of rotatable bonds is 5. The topological polar surface area (TPSA) is 93.8 Å². The van der Waals surface area contributed by atoms with E-state index in [1.54, 1.807) is 5.38 Å². The van der Waals surface area contributed by atoms with Crippen molar-refractivity contribution in [2.45, 2.75) is 10.8 Å². The van der Waals surface area contributed by atoms with Crippen LogP contribution in [0.25, 0.3) is 0 Å². The standard InChI is InChI=1S/C9H11N5OS3/c1-16-9-12-5(4-17-9)7(15)11-3-2-6-13-14-8(10)18-6/h4H,2-3H2,1H3,(H2,10,14)(H,11,15). The van der Waals surface area contributed by atoms with Crippen LogP contribution in [0.3, 0.4) is 0 Å². The molecule has 0 fully saturated rings. The Kier molecular flexibility index (Phi) is 4.50. The molecule has 0 radical (unpaired) electrons. The van der Waals surface area contributed by atoms with Crippen molar-refractivity contribution >= 4 is 45.5 Å². The second kappa shape index (κ2) is 6.12. The largest absolute Gasteiger partial charge is 0.374 e. The van der Waals surface area contributed by atoms with Gasteiger partial charge in [0.1, 0.15) is 15.0 Å². The molecule has 0 aliphatic carbocycles. The molecule has 0 aliphatic heterocycles. The number of hydrogen-bond donors (Lipinski definition) is 2. The van der Waals surface area contributed by atoms with E-state index in [1.165, 1.54) is 34.4 Å². The normalized spacial score (nSPS) is 10.5. The van der Waals surface area contributed by atoms with Crippen molar-refractivity contribution in [2.75, 3.05) is 18.5 Å². The first-order valence-electron chi connectivity index (χ1n) is 5.04. The van der Waals surface area contributed by atoms with E-state index in [1.807, 2.05) is 6.26 Å². The third-order valence-electron chi connectivity index (χ3n) is 2.00. The van der Waals surface area contributed by atoms with Crippen molar-refractivity contribution in [3.05, 3.63) is 16.1 Å². The molecule has 0 saturated heterocycles. The number of carbonyl (C=O) groups excluding carboxylic acids is 1. The van der Waals surface area contributed by atoms with Crippen LogP contribution in [0.1, 0.15) is 15.5 Å². The smallest absolute Gasteiger partial charge is 0.270 e. The van der Waals surface area contributed by atoms with Crippen LogP contribution >= 0.6 is 34.4 Å². The molecule has 0 bridgehead atoms. The molecule has 0 unspecified atom stereocenters. The summed E-state index contributed by atoms with van der Waals surface area (Å²) in [5.74, 6) is -0.163. The third kappa shape index (κ3) is 3.40. The Balaban J connectivity index is 1.81. The number of nitrogen functional groups attached to an aromatic ring is 1. The SMILES string of the molecule is CSc1nc(C(=O)NCCc2nnc(N)s2)cs1. The second-order valence-corrected chi connectivity index (χ2v) is 6.25. The van der Waals surface area contributed by atoms with Crippen LogP contribution in [0, 0.1) is 0 Å². The Hall–Kier alpha value is -1.19. The van der Waals surface area contributed by atoms with Crippen LogP contribution in [0.2, 0.25) is 0 Å². The Bertz CT molecular complexity index is 538. The van der Waals surface area contributed by atoms with Crippen LogP contribution in [-0.4, -0.2) is 33.9 Å². The molecule has 2 rings (SSSR count). The maximum Gasteiger partial charge on any atom is 0.270 e. The molecule has 6 nitrogen and oxygen atoms in total. The van der Waals surface area contributed by atoms with Crippen molar-refractivity contribution in [1.29, 1.82) is 0 Å². The molecule has 0 spiro atoms. The van der Waals surface area contributed by atoms with E-state index in [0.717, 1.165) is 9.35 Å². The molecular formula is C9H11N5OS3. The van der Waals surface area contributed by atoms with Crippen molar-refractivity contribution < 1.29 is 4.79 Å². The average molecular weight is 301 g/mol. The van der Waals surface area contributed by atoms with E-state index in [9.17, 15) is 4.79 Å². The number of amides is 1. The van der Waals surface area contributed by atoms with Crippen molar-refractivity contribution in [1.82, 2.24) is 20.5 Å². The fraction of sp³-hybridized carbons (Fsp3) is 0.333. The Morgan fingerprint density at radius 2 is 2.39 bits per heavy atom. The molecule has 0 saturated carbocycles. The maximum atomic E-state index is 11.7. The molecule has 2 aromatic heterocycles. The monoisotopic (exact) mass is 301 g/mol. The summed E-state index contributed by atoms with van der Waals surface area (Å²) < 4.78 is 0.886. The van der Waals surface area contributed by atoms with Gasteiger partial charge < -0.3 is 11.1 Å². The van der Waals surface area contributed by atoms with Crippen LogP contribution in [0.4, 0.5) is 5.13 Å². The number of nitrogens with one attached hydrogen (secondary N) is 1. The zero-order valence-electron chi connectivity index (χ0n) is 9.54. The highest BCUT2D eigenvalue weighted by Gasteiger charge is 2.10. The van der Waals surface area contributed by atoms with Crippen molar-refractivity contribution in [3.63, 3.8) is 0 Å². The van der Waals surface area contributed by atoms with E-state index in [0.29, 0.717) is 23.8 Å². The number of aromatic nitrogens is 3. The first kappa shape index (κ1) is 13.2. The third-order valence-corrected chi connectivity index (χ3v) is 4.67. The van der Waals surface area contributed by atoms with Gasteiger partial charge in [-0.2, -0.15) is 0 Å². The van der Waals surface area contributed by atoms with Gasteiger partial charge in [0.2, 0.25) is 5.13 Å². The zero-order valence-corrected chi connectivity index (χ0v) is 12.0. The summed E-state index contributed by atoms with van der Waals surface area (Å²) in [5, 5.41) is 13.4. The second-order valence-electron chi connectivity index (χ2n) is 3.24. The van der Waals surface area contributed by atoms with E-state index in [-0.39, 0.29) is 5.91 Å². The highest BCUT2D eigenvalue weighted by Crippen LogP contribution is 2.19. The Morgan fingerprint density at radius 1 is 1.56 bits per heavy atom. The van der Waals surface area contributed by atoms with Gasteiger partial charge in [0.05, 0.1) is 0 Å². The van der Waals surface area contributed by atoms with E-state index >= 15 is 0 Å². The maximum absolute atomic E-state index is 11.7. The molecule has 1 amide bonds. The highest BCUT2D eigenvalue weighted by atomic mass is 32.2. The van der Waals surface area contributed by atoms with Crippen LogP contribution in [0.15, 0.2) is 9.72 Å². The summed E-state index contributed by atoms with van der Waals surface area (Å²) in [5.41, 5.74) is 5.93. The van der Waals surface area contributed by atoms with E-state index in [4.69, 9.17) is 5.73 Å². The first-order chi connectivity index (χ1) is 8.69. The average Bonchev–Trinajstić information content (AvgIpc) is 2.98. The minimum atomic E-state index is -0.163. The molecule has 0 atom stereocenters. The van der Waals surface area contributed by atoms with Gasteiger partial charge in [0, 0.05) is 18.3 Å². The van der Waals surface area contributed by atoms with Gasteiger partial charge in [-0.15, -0.1) is 21.5 Å². The minimum absolute atomic E-state index is 0.163. The number of hydrogen-bond acceptors (Lipinski definition) is 8. The van der Waals surface area contributed by atoms with Crippen LogP contribution in [-0.2, 0) is 6.42 Å².